The molecule has 0 saturated heterocycles. The minimum atomic E-state index is -0.430. The highest BCUT2D eigenvalue weighted by Gasteiger charge is 2.15. The number of ether oxygens (including phenoxy) is 2. The van der Waals surface area contributed by atoms with Crippen LogP contribution in [0, 0.1) is 0 Å². The number of hydrogen-bond acceptors (Lipinski definition) is 6. The first-order chi connectivity index (χ1) is 11.9. The highest BCUT2D eigenvalue weighted by atomic mass is 16.6. The first-order valence-electron chi connectivity index (χ1n) is 8.35. The Bertz CT molecular complexity index is 694. The van der Waals surface area contributed by atoms with Crippen LogP contribution in [0.1, 0.15) is 44.9 Å². The second-order valence-electron chi connectivity index (χ2n) is 6.74. The van der Waals surface area contributed by atoms with E-state index in [1.807, 2.05) is 45.0 Å². The van der Waals surface area contributed by atoms with E-state index in [4.69, 9.17) is 15.2 Å². The van der Waals surface area contributed by atoms with Gasteiger partial charge < -0.3 is 15.2 Å². The summed E-state index contributed by atoms with van der Waals surface area (Å²) in [4.78, 5) is 19.8. The van der Waals surface area contributed by atoms with Crippen molar-refractivity contribution in [3.63, 3.8) is 0 Å². The third-order valence-electron chi connectivity index (χ3n) is 3.32. The molecule has 0 aliphatic carbocycles. The first kappa shape index (κ1) is 18.9. The lowest BCUT2D eigenvalue weighted by molar-refractivity contribution is -0.154. The lowest BCUT2D eigenvalue weighted by Gasteiger charge is -2.19. The van der Waals surface area contributed by atoms with E-state index in [0.717, 1.165) is 24.1 Å². The van der Waals surface area contributed by atoms with Gasteiger partial charge in [-0.2, -0.15) is 0 Å². The van der Waals surface area contributed by atoms with Crippen LogP contribution < -0.4 is 10.5 Å². The lowest BCUT2D eigenvalue weighted by Crippen LogP contribution is -2.23. The Hall–Kier alpha value is -2.47. The fraction of sp³-hybridized carbons (Fsp3) is 0.421. The van der Waals surface area contributed by atoms with Crippen LogP contribution in [0.25, 0.3) is 0 Å². The highest BCUT2D eigenvalue weighted by molar-refractivity contribution is 5.69. The molecule has 0 bridgehead atoms. The van der Waals surface area contributed by atoms with Crippen molar-refractivity contribution in [2.75, 3.05) is 0 Å². The summed E-state index contributed by atoms with van der Waals surface area (Å²) in [6, 6.07) is 9.44. The molecule has 1 heterocycles. The van der Waals surface area contributed by atoms with Crippen molar-refractivity contribution in [1.29, 1.82) is 0 Å². The standard InChI is InChI=1S/C19H25N3O3/c1-19(2,3)25-18(23)6-4-5-14-7-9-16(10-8-14)24-17-11-15(12-20)21-13-22-17/h7-11,13H,4-6,12,20H2,1-3H3. The number of rotatable bonds is 7. The largest absolute Gasteiger partial charge is 0.460 e. The van der Waals surface area contributed by atoms with Gasteiger partial charge in [0.1, 0.15) is 17.7 Å². The van der Waals surface area contributed by atoms with Crippen molar-refractivity contribution >= 4 is 5.97 Å². The third kappa shape index (κ3) is 6.89. The van der Waals surface area contributed by atoms with Crippen LogP contribution >= 0.6 is 0 Å². The molecule has 134 valence electrons. The van der Waals surface area contributed by atoms with E-state index in [1.54, 1.807) is 6.07 Å². The first-order valence-corrected chi connectivity index (χ1v) is 8.35. The van der Waals surface area contributed by atoms with Crippen molar-refractivity contribution in [3.05, 3.63) is 47.9 Å². The van der Waals surface area contributed by atoms with Gasteiger partial charge in [-0.25, -0.2) is 9.97 Å². The minimum absolute atomic E-state index is 0.160. The second kappa shape index (κ2) is 8.58. The molecule has 2 N–H and O–H groups in total. The number of nitrogens with zero attached hydrogens (tertiary/aromatic N) is 2. The van der Waals surface area contributed by atoms with Gasteiger partial charge >= 0.3 is 5.97 Å². The molecule has 0 amide bonds. The number of carbonyl (C=O) groups is 1. The number of nitrogens with two attached hydrogens (primary N) is 1. The van der Waals surface area contributed by atoms with Crippen LogP contribution in [0.2, 0.25) is 0 Å². The molecule has 0 fully saturated rings. The van der Waals surface area contributed by atoms with E-state index in [2.05, 4.69) is 9.97 Å². The van der Waals surface area contributed by atoms with Crippen LogP contribution in [0.15, 0.2) is 36.7 Å². The maximum absolute atomic E-state index is 11.7. The number of aromatic nitrogens is 2. The summed E-state index contributed by atoms with van der Waals surface area (Å²) in [5.74, 6) is 0.998. The molecule has 0 radical (unpaired) electrons. The van der Waals surface area contributed by atoms with E-state index in [1.165, 1.54) is 6.33 Å². The summed E-state index contributed by atoms with van der Waals surface area (Å²) in [5, 5.41) is 0. The molecule has 0 aliphatic heterocycles. The normalized spacial score (nSPS) is 11.2. The van der Waals surface area contributed by atoms with E-state index < -0.39 is 5.60 Å². The van der Waals surface area contributed by atoms with Crippen molar-refractivity contribution in [3.8, 4) is 11.6 Å². The van der Waals surface area contributed by atoms with Gasteiger partial charge in [-0.1, -0.05) is 12.1 Å². The van der Waals surface area contributed by atoms with E-state index in [-0.39, 0.29) is 5.97 Å². The summed E-state index contributed by atoms with van der Waals surface area (Å²) in [7, 11) is 0. The molecular formula is C19H25N3O3. The highest BCUT2D eigenvalue weighted by Crippen LogP contribution is 2.20. The van der Waals surface area contributed by atoms with Gasteiger partial charge in [-0.3, -0.25) is 4.79 Å². The molecule has 2 rings (SSSR count). The average molecular weight is 343 g/mol. The minimum Gasteiger partial charge on any atom is -0.460 e. The van der Waals surface area contributed by atoms with Crippen LogP contribution in [0.4, 0.5) is 0 Å². The molecule has 1 aromatic carbocycles. The average Bonchev–Trinajstić information content (AvgIpc) is 2.55. The molecule has 0 aliphatic rings. The quantitative estimate of drug-likeness (QED) is 0.775. The molecule has 2 aromatic rings. The van der Waals surface area contributed by atoms with Crippen molar-refractivity contribution in [1.82, 2.24) is 9.97 Å². The van der Waals surface area contributed by atoms with Gasteiger partial charge in [0.2, 0.25) is 5.88 Å². The Labute approximate surface area is 148 Å². The van der Waals surface area contributed by atoms with Gasteiger partial charge in [-0.15, -0.1) is 0 Å². The molecule has 0 saturated carbocycles. The van der Waals surface area contributed by atoms with Crippen molar-refractivity contribution < 1.29 is 14.3 Å². The number of esters is 1. The predicted octanol–water partition coefficient (Wildman–Crippen LogP) is 3.39. The molecule has 6 nitrogen and oxygen atoms in total. The maximum Gasteiger partial charge on any atom is 0.306 e. The fourth-order valence-electron chi connectivity index (χ4n) is 2.22. The number of benzene rings is 1. The van der Waals surface area contributed by atoms with Crippen LogP contribution in [-0.4, -0.2) is 21.5 Å². The zero-order chi connectivity index (χ0) is 18.3. The molecule has 0 unspecified atom stereocenters. The molecule has 25 heavy (non-hydrogen) atoms. The fourth-order valence-corrected chi connectivity index (χ4v) is 2.22. The number of aryl methyl sites for hydroxylation is 1. The van der Waals surface area contributed by atoms with Gasteiger partial charge in [0.25, 0.3) is 0 Å². The van der Waals surface area contributed by atoms with Gasteiger partial charge in [-0.05, 0) is 51.3 Å². The van der Waals surface area contributed by atoms with Gasteiger partial charge in [0, 0.05) is 19.0 Å². The molecule has 0 atom stereocenters. The zero-order valence-corrected chi connectivity index (χ0v) is 15.0. The van der Waals surface area contributed by atoms with Gasteiger partial charge in [0.15, 0.2) is 0 Å². The summed E-state index contributed by atoms with van der Waals surface area (Å²) in [6.07, 6.45) is 3.41. The number of carbonyl (C=O) groups excluding carboxylic acids is 1. The second-order valence-corrected chi connectivity index (χ2v) is 6.74. The predicted molar refractivity (Wildman–Crippen MR) is 95.2 cm³/mol. The summed E-state index contributed by atoms with van der Waals surface area (Å²) >= 11 is 0. The number of hydrogen-bond donors (Lipinski definition) is 1. The van der Waals surface area contributed by atoms with Crippen molar-refractivity contribution in [2.45, 2.75) is 52.2 Å². The third-order valence-corrected chi connectivity index (χ3v) is 3.32. The smallest absolute Gasteiger partial charge is 0.306 e. The molecule has 6 heteroatoms. The van der Waals surface area contributed by atoms with Crippen LogP contribution in [0.5, 0.6) is 11.6 Å². The van der Waals surface area contributed by atoms with Crippen LogP contribution in [0.3, 0.4) is 0 Å². The van der Waals surface area contributed by atoms with Crippen LogP contribution in [-0.2, 0) is 22.5 Å². The van der Waals surface area contributed by atoms with Crippen molar-refractivity contribution in [2.24, 2.45) is 5.73 Å². The monoisotopic (exact) mass is 343 g/mol. The zero-order valence-electron chi connectivity index (χ0n) is 15.0. The maximum atomic E-state index is 11.7. The van der Waals surface area contributed by atoms with Gasteiger partial charge in [0.05, 0.1) is 5.69 Å². The van der Waals surface area contributed by atoms with E-state index in [9.17, 15) is 4.79 Å². The van der Waals surface area contributed by atoms with E-state index in [0.29, 0.717) is 24.6 Å². The summed E-state index contributed by atoms with van der Waals surface area (Å²) < 4.78 is 11.0. The Balaban J connectivity index is 1.82. The Kier molecular flexibility index (Phi) is 6.47. The lowest BCUT2D eigenvalue weighted by atomic mass is 10.1. The summed E-state index contributed by atoms with van der Waals surface area (Å²) in [5.41, 5.74) is 6.99. The molecule has 1 aromatic heterocycles. The molecular weight excluding hydrogens is 318 g/mol. The summed E-state index contributed by atoms with van der Waals surface area (Å²) in [6.45, 7) is 5.96. The molecule has 0 spiro atoms. The Morgan fingerprint density at radius 3 is 2.52 bits per heavy atom. The van der Waals surface area contributed by atoms with E-state index >= 15 is 0 Å². The Morgan fingerprint density at radius 1 is 1.16 bits per heavy atom. The Morgan fingerprint density at radius 2 is 1.88 bits per heavy atom. The SMILES string of the molecule is CC(C)(C)OC(=O)CCCc1ccc(Oc2cc(CN)ncn2)cc1. The topological polar surface area (TPSA) is 87.3 Å².